The Bertz CT molecular complexity index is 826. The highest BCUT2D eigenvalue weighted by Gasteiger charge is 2.29. The molecule has 0 bridgehead atoms. The van der Waals surface area contributed by atoms with Crippen molar-refractivity contribution in [2.45, 2.75) is 6.04 Å². The molecule has 118 valence electrons. The summed E-state index contributed by atoms with van der Waals surface area (Å²) in [7, 11) is -3.05. The highest BCUT2D eigenvalue weighted by Crippen LogP contribution is 2.41. The molecule has 0 fully saturated rings. The van der Waals surface area contributed by atoms with Gasteiger partial charge in [0.2, 0.25) is 7.29 Å². The summed E-state index contributed by atoms with van der Waals surface area (Å²) in [6.07, 6.45) is 5.73. The normalized spacial score (nSPS) is 12.3. The molecule has 0 spiro atoms. The van der Waals surface area contributed by atoms with E-state index in [1.165, 1.54) is 0 Å². The van der Waals surface area contributed by atoms with Gasteiger partial charge < -0.3 is 0 Å². The lowest BCUT2D eigenvalue weighted by molar-refractivity contribution is 0.574. The maximum Gasteiger partial charge on any atom is 0.205 e. The van der Waals surface area contributed by atoms with Crippen molar-refractivity contribution in [2.24, 2.45) is 0 Å². The second kappa shape index (κ2) is 7.32. The zero-order chi connectivity index (χ0) is 16.8. The quantitative estimate of drug-likeness (QED) is 0.568. The number of rotatable bonds is 5. The smallest absolute Gasteiger partial charge is 0.205 e. The van der Waals surface area contributed by atoms with Crippen molar-refractivity contribution in [3.05, 3.63) is 96.6 Å². The minimum atomic E-state index is -3.05. The Labute approximate surface area is 143 Å². The second-order valence-electron chi connectivity index (χ2n) is 5.42. The van der Waals surface area contributed by atoms with E-state index in [-0.39, 0.29) is 0 Å². The van der Waals surface area contributed by atoms with Gasteiger partial charge in [-0.05, 0) is 29.8 Å². The van der Waals surface area contributed by atoms with E-state index >= 15 is 0 Å². The fraction of sp³-hybridized carbons (Fsp3) is 0.0476. The van der Waals surface area contributed by atoms with Gasteiger partial charge in [-0.1, -0.05) is 72.7 Å². The molecule has 3 aromatic carbocycles. The van der Waals surface area contributed by atoms with E-state index in [1.54, 1.807) is 0 Å². The first-order chi connectivity index (χ1) is 11.7. The lowest BCUT2D eigenvalue weighted by atomic mass is 10.1. The molecular formula is C21H18NOP. The molecule has 3 aromatic rings. The predicted octanol–water partition coefficient (Wildman–Crippen LogP) is 3.88. The first-order valence-electron chi connectivity index (χ1n) is 7.74. The van der Waals surface area contributed by atoms with Crippen molar-refractivity contribution in [3.63, 3.8) is 0 Å². The van der Waals surface area contributed by atoms with Gasteiger partial charge in [0.15, 0.2) is 0 Å². The number of nitrogens with one attached hydrogen (secondary N) is 1. The molecule has 24 heavy (non-hydrogen) atoms. The van der Waals surface area contributed by atoms with Gasteiger partial charge in [-0.15, -0.1) is 6.42 Å². The summed E-state index contributed by atoms with van der Waals surface area (Å²) in [6, 6.07) is 28.1. The Morgan fingerprint density at radius 2 is 1.17 bits per heavy atom. The van der Waals surface area contributed by atoms with Crippen molar-refractivity contribution >= 4 is 17.9 Å². The van der Waals surface area contributed by atoms with Crippen LogP contribution in [0.5, 0.6) is 0 Å². The Balaban J connectivity index is 2.07. The average molecular weight is 331 g/mol. The van der Waals surface area contributed by atoms with Crippen molar-refractivity contribution in [2.75, 3.05) is 0 Å². The summed E-state index contributed by atoms with van der Waals surface area (Å²) in [6.45, 7) is 0. The molecule has 0 saturated heterocycles. The zero-order valence-electron chi connectivity index (χ0n) is 13.2. The van der Waals surface area contributed by atoms with Crippen molar-refractivity contribution < 1.29 is 4.57 Å². The lowest BCUT2D eigenvalue weighted by Crippen LogP contribution is -2.30. The highest BCUT2D eigenvalue weighted by atomic mass is 31.2. The van der Waals surface area contributed by atoms with Crippen molar-refractivity contribution in [1.29, 1.82) is 0 Å². The lowest BCUT2D eigenvalue weighted by Gasteiger charge is -2.24. The van der Waals surface area contributed by atoms with Gasteiger partial charge in [0.05, 0.1) is 0 Å². The standard InChI is InChI=1S/C21H18NOP/c1-2-21(18-12-6-3-7-13-18)22-24(23,19-14-8-4-9-15-19)20-16-10-5-11-17-20/h1,3-17,21H,(H,22,23). The van der Waals surface area contributed by atoms with Gasteiger partial charge in [0.25, 0.3) is 0 Å². The van der Waals surface area contributed by atoms with Crippen LogP contribution >= 0.6 is 7.29 Å². The SMILES string of the molecule is C#CC(NP(=O)(c1ccccc1)c1ccccc1)c1ccccc1. The first-order valence-corrected chi connectivity index (χ1v) is 9.45. The average Bonchev–Trinajstić information content (AvgIpc) is 2.68. The van der Waals surface area contributed by atoms with Crippen LogP contribution in [0.3, 0.4) is 0 Å². The molecule has 2 nitrogen and oxygen atoms in total. The van der Waals surface area contributed by atoms with Crippen LogP contribution in [0, 0.1) is 12.3 Å². The third-order valence-corrected chi connectivity index (χ3v) is 6.52. The minimum Gasteiger partial charge on any atom is -0.296 e. The van der Waals surface area contributed by atoms with Gasteiger partial charge in [0.1, 0.15) is 6.04 Å². The summed E-state index contributed by atoms with van der Waals surface area (Å²) in [5.41, 5.74) is 0.923. The van der Waals surface area contributed by atoms with Gasteiger partial charge >= 0.3 is 0 Å². The number of hydrogen-bond donors (Lipinski definition) is 1. The molecule has 3 rings (SSSR count). The van der Waals surface area contributed by atoms with E-state index in [2.05, 4.69) is 11.0 Å². The van der Waals surface area contributed by atoms with E-state index in [0.29, 0.717) is 0 Å². The number of hydrogen-bond acceptors (Lipinski definition) is 1. The fourth-order valence-electron chi connectivity index (χ4n) is 2.61. The topological polar surface area (TPSA) is 29.1 Å². The number of benzene rings is 3. The largest absolute Gasteiger partial charge is 0.296 e. The Hall–Kier alpha value is -2.59. The van der Waals surface area contributed by atoms with E-state index in [1.807, 2.05) is 91.0 Å². The molecular weight excluding hydrogens is 313 g/mol. The molecule has 1 unspecified atom stereocenters. The maximum absolute atomic E-state index is 14.0. The molecule has 3 heteroatoms. The Kier molecular flexibility index (Phi) is 4.96. The summed E-state index contributed by atoms with van der Waals surface area (Å²) in [5, 5.41) is 4.73. The van der Waals surface area contributed by atoms with Crippen LogP contribution in [-0.4, -0.2) is 0 Å². The van der Waals surface area contributed by atoms with Crippen LogP contribution in [-0.2, 0) is 4.57 Å². The first kappa shape index (κ1) is 16.3. The molecule has 1 atom stereocenters. The van der Waals surface area contributed by atoms with Gasteiger partial charge in [-0.2, -0.15) is 0 Å². The molecule has 0 radical (unpaired) electrons. The van der Waals surface area contributed by atoms with Crippen LogP contribution in [0.1, 0.15) is 11.6 Å². The maximum atomic E-state index is 14.0. The molecule has 0 saturated carbocycles. The molecule has 0 aliphatic heterocycles. The second-order valence-corrected chi connectivity index (χ2v) is 7.93. The third-order valence-electron chi connectivity index (χ3n) is 3.85. The van der Waals surface area contributed by atoms with Crippen molar-refractivity contribution in [1.82, 2.24) is 5.09 Å². The molecule has 0 aliphatic rings. The molecule has 0 aliphatic carbocycles. The van der Waals surface area contributed by atoms with Crippen LogP contribution < -0.4 is 15.7 Å². The summed E-state index contributed by atoms with van der Waals surface area (Å²) in [5.74, 6) is 2.73. The molecule has 0 heterocycles. The van der Waals surface area contributed by atoms with Crippen molar-refractivity contribution in [3.8, 4) is 12.3 Å². The highest BCUT2D eigenvalue weighted by molar-refractivity contribution is 7.76. The van der Waals surface area contributed by atoms with Gasteiger partial charge in [-0.3, -0.25) is 4.57 Å². The summed E-state index contributed by atoms with van der Waals surface area (Å²) >= 11 is 0. The van der Waals surface area contributed by atoms with Crippen LogP contribution in [0.4, 0.5) is 0 Å². The third kappa shape index (κ3) is 3.34. The molecule has 0 amide bonds. The number of terminal acetylenes is 1. The van der Waals surface area contributed by atoms with E-state index < -0.39 is 13.3 Å². The summed E-state index contributed by atoms with van der Waals surface area (Å²) in [4.78, 5) is 0. The molecule has 0 aromatic heterocycles. The van der Waals surface area contributed by atoms with Crippen LogP contribution in [0.25, 0.3) is 0 Å². The molecule has 1 N–H and O–H groups in total. The predicted molar refractivity (Wildman–Crippen MR) is 101 cm³/mol. The van der Waals surface area contributed by atoms with Crippen LogP contribution in [0.2, 0.25) is 0 Å². The van der Waals surface area contributed by atoms with E-state index in [4.69, 9.17) is 6.42 Å². The van der Waals surface area contributed by atoms with Crippen LogP contribution in [0.15, 0.2) is 91.0 Å². The Morgan fingerprint density at radius 3 is 1.58 bits per heavy atom. The Morgan fingerprint density at radius 1 is 0.750 bits per heavy atom. The van der Waals surface area contributed by atoms with E-state index in [9.17, 15) is 4.57 Å². The van der Waals surface area contributed by atoms with Gasteiger partial charge in [0, 0.05) is 10.6 Å². The monoisotopic (exact) mass is 331 g/mol. The summed E-state index contributed by atoms with van der Waals surface area (Å²) < 4.78 is 14.0. The fourth-order valence-corrected chi connectivity index (χ4v) is 4.98. The minimum absolute atomic E-state index is 0.433. The van der Waals surface area contributed by atoms with Gasteiger partial charge in [-0.25, -0.2) is 5.09 Å². The zero-order valence-corrected chi connectivity index (χ0v) is 14.1. The van der Waals surface area contributed by atoms with E-state index in [0.717, 1.165) is 16.2 Å².